The number of ether oxygens (including phenoxy) is 1. The van der Waals surface area contributed by atoms with Gasteiger partial charge in [0.05, 0.1) is 23.4 Å². The number of furan rings is 1. The summed E-state index contributed by atoms with van der Waals surface area (Å²) in [6.07, 6.45) is 5.31. The van der Waals surface area contributed by atoms with Crippen molar-refractivity contribution in [3.05, 3.63) is 52.9 Å². The molecule has 0 radical (unpaired) electrons. The number of allylic oxidation sites excluding steroid dienone is 2. The lowest BCUT2D eigenvalue weighted by atomic mass is 10.1. The summed E-state index contributed by atoms with van der Waals surface area (Å²) in [5.74, 6) is -0.682. The van der Waals surface area contributed by atoms with E-state index in [-0.39, 0.29) is 11.4 Å². The van der Waals surface area contributed by atoms with E-state index in [4.69, 9.17) is 21.8 Å². The zero-order valence-electron chi connectivity index (χ0n) is 13.2. The van der Waals surface area contributed by atoms with Crippen molar-refractivity contribution in [3.63, 3.8) is 0 Å². The van der Waals surface area contributed by atoms with Crippen molar-refractivity contribution in [1.29, 1.82) is 0 Å². The van der Waals surface area contributed by atoms with E-state index in [9.17, 15) is 9.59 Å². The van der Waals surface area contributed by atoms with Crippen LogP contribution in [0.4, 0.5) is 5.69 Å². The first-order chi connectivity index (χ1) is 12.0. The van der Waals surface area contributed by atoms with E-state index in [0.29, 0.717) is 33.8 Å². The van der Waals surface area contributed by atoms with Crippen LogP contribution in [0.5, 0.6) is 0 Å². The Kier molecular flexibility index (Phi) is 4.58. The predicted molar refractivity (Wildman–Crippen MR) is 94.6 cm³/mol. The van der Waals surface area contributed by atoms with Crippen molar-refractivity contribution in [1.82, 2.24) is 5.32 Å². The van der Waals surface area contributed by atoms with Gasteiger partial charge in [0.2, 0.25) is 5.76 Å². The molecule has 1 aliphatic heterocycles. The standard InChI is InChI=1S/C17H14ClN3O4/c1-24-17(23)9-5-6-12-11(7-9)14(19)15(25-12)16(22)21-13-4-2-3-10(18)8-20-13/h2-3,5-8H,4,19H2,1H3,(H,20,21,22). The second-order valence-corrected chi connectivity index (χ2v) is 5.63. The van der Waals surface area contributed by atoms with Crippen LogP contribution < -0.4 is 11.1 Å². The number of carbonyl (C=O) groups excluding carboxylic acids is 2. The fourth-order valence-corrected chi connectivity index (χ4v) is 2.46. The van der Waals surface area contributed by atoms with Crippen LogP contribution in [-0.4, -0.2) is 24.8 Å². The lowest BCUT2D eigenvalue weighted by Crippen LogP contribution is -2.30. The first kappa shape index (κ1) is 16.8. The Hall–Kier alpha value is -3.06. The second kappa shape index (κ2) is 6.82. The summed E-state index contributed by atoms with van der Waals surface area (Å²) in [6.45, 7) is 0. The number of fused-ring (bicyclic) bond motifs is 1. The van der Waals surface area contributed by atoms with E-state index in [2.05, 4.69) is 15.0 Å². The van der Waals surface area contributed by atoms with E-state index >= 15 is 0 Å². The number of anilines is 1. The first-order valence-electron chi connectivity index (χ1n) is 7.30. The highest BCUT2D eigenvalue weighted by Gasteiger charge is 2.21. The van der Waals surface area contributed by atoms with Crippen molar-refractivity contribution in [2.45, 2.75) is 6.42 Å². The number of rotatable bonds is 2. The molecule has 0 spiro atoms. The van der Waals surface area contributed by atoms with Crippen LogP contribution in [0, 0.1) is 0 Å². The van der Waals surface area contributed by atoms with Crippen LogP contribution in [0.1, 0.15) is 27.3 Å². The van der Waals surface area contributed by atoms with Gasteiger partial charge in [-0.25, -0.2) is 9.79 Å². The quantitative estimate of drug-likeness (QED) is 0.801. The van der Waals surface area contributed by atoms with Gasteiger partial charge in [0.25, 0.3) is 5.91 Å². The number of nitrogens with zero attached hydrogens (tertiary/aromatic N) is 1. The minimum Gasteiger partial charge on any atom is -0.465 e. The van der Waals surface area contributed by atoms with Crippen molar-refractivity contribution < 1.29 is 18.7 Å². The molecule has 7 nitrogen and oxygen atoms in total. The topological polar surface area (TPSA) is 107 Å². The Bertz CT molecular complexity index is 956. The van der Waals surface area contributed by atoms with Gasteiger partial charge in [-0.15, -0.1) is 0 Å². The Balaban J connectivity index is 1.90. The fourth-order valence-electron chi connectivity index (χ4n) is 2.32. The van der Waals surface area contributed by atoms with Gasteiger partial charge in [0.1, 0.15) is 11.4 Å². The molecule has 8 heteroatoms. The molecule has 0 bridgehead atoms. The van der Waals surface area contributed by atoms with Gasteiger partial charge in [-0.3, -0.25) is 4.79 Å². The molecule has 3 N–H and O–H groups in total. The smallest absolute Gasteiger partial charge is 0.337 e. The van der Waals surface area contributed by atoms with Gasteiger partial charge >= 0.3 is 5.97 Å². The van der Waals surface area contributed by atoms with Crippen LogP contribution in [-0.2, 0) is 4.74 Å². The van der Waals surface area contributed by atoms with Crippen LogP contribution in [0.15, 0.2) is 51.0 Å². The number of aliphatic imine (C=N–C) groups is 1. The number of nitrogen functional groups attached to an aromatic ring is 1. The summed E-state index contributed by atoms with van der Waals surface area (Å²) in [4.78, 5) is 28.1. The molecular formula is C17H14ClN3O4. The molecule has 0 fully saturated rings. The third kappa shape index (κ3) is 3.41. The highest BCUT2D eigenvalue weighted by molar-refractivity contribution is 6.31. The first-order valence-corrected chi connectivity index (χ1v) is 7.68. The number of esters is 1. The Morgan fingerprint density at radius 2 is 2.20 bits per heavy atom. The third-order valence-electron chi connectivity index (χ3n) is 3.54. The third-order valence-corrected chi connectivity index (χ3v) is 3.77. The minimum absolute atomic E-state index is 0.0528. The highest BCUT2D eigenvalue weighted by atomic mass is 35.5. The molecule has 0 aliphatic carbocycles. The molecule has 1 aliphatic rings. The number of methoxy groups -OCH3 is 1. The second-order valence-electron chi connectivity index (χ2n) is 5.20. The summed E-state index contributed by atoms with van der Waals surface area (Å²) in [7, 11) is 1.28. The average Bonchev–Trinajstić information content (AvgIpc) is 2.80. The number of hydrogen-bond donors (Lipinski definition) is 2. The molecule has 25 heavy (non-hydrogen) atoms. The molecule has 0 unspecified atom stereocenters. The van der Waals surface area contributed by atoms with Gasteiger partial charge in [-0.2, -0.15) is 0 Å². The van der Waals surface area contributed by atoms with Gasteiger partial charge in [0, 0.05) is 18.0 Å². The van der Waals surface area contributed by atoms with E-state index in [1.54, 1.807) is 18.2 Å². The molecular weight excluding hydrogens is 346 g/mol. The van der Waals surface area contributed by atoms with Crippen molar-refractivity contribution in [3.8, 4) is 0 Å². The number of nitrogens with one attached hydrogen (secondary N) is 1. The summed E-state index contributed by atoms with van der Waals surface area (Å²) >= 11 is 5.85. The van der Waals surface area contributed by atoms with E-state index in [0.717, 1.165) is 0 Å². The maximum Gasteiger partial charge on any atom is 0.337 e. The molecule has 2 heterocycles. The molecule has 3 rings (SSSR count). The van der Waals surface area contributed by atoms with Gasteiger partial charge in [-0.1, -0.05) is 17.7 Å². The van der Waals surface area contributed by atoms with Crippen LogP contribution >= 0.6 is 11.6 Å². The number of benzene rings is 1. The highest BCUT2D eigenvalue weighted by Crippen LogP contribution is 2.29. The SMILES string of the molecule is COC(=O)c1ccc2oc(C(=O)NC3=NC=C(Cl)C=CC3)c(N)c2c1. The molecule has 1 aromatic carbocycles. The lowest BCUT2D eigenvalue weighted by Gasteiger charge is -2.04. The number of amides is 1. The number of halogens is 1. The number of carbonyl (C=O) groups is 2. The average molecular weight is 360 g/mol. The number of hydrogen-bond acceptors (Lipinski definition) is 6. The summed E-state index contributed by atoms with van der Waals surface area (Å²) in [5.41, 5.74) is 6.85. The predicted octanol–water partition coefficient (Wildman–Crippen LogP) is 2.97. The van der Waals surface area contributed by atoms with Crippen LogP contribution in [0.2, 0.25) is 0 Å². The molecule has 1 amide bonds. The van der Waals surface area contributed by atoms with Gasteiger partial charge in [0.15, 0.2) is 0 Å². The molecule has 0 atom stereocenters. The summed E-state index contributed by atoms with van der Waals surface area (Å²) < 4.78 is 10.2. The molecule has 0 saturated heterocycles. The van der Waals surface area contributed by atoms with E-state index in [1.165, 1.54) is 25.4 Å². The maximum absolute atomic E-state index is 12.4. The normalized spacial score (nSPS) is 13.8. The van der Waals surface area contributed by atoms with E-state index in [1.807, 2.05) is 0 Å². The maximum atomic E-state index is 12.4. The number of amidine groups is 1. The zero-order valence-corrected chi connectivity index (χ0v) is 14.0. The Morgan fingerprint density at radius 1 is 1.40 bits per heavy atom. The molecule has 0 saturated carbocycles. The van der Waals surface area contributed by atoms with Gasteiger partial charge in [-0.05, 0) is 24.3 Å². The fraction of sp³-hybridized carbons (Fsp3) is 0.118. The lowest BCUT2D eigenvalue weighted by molar-refractivity contribution is 0.0600. The van der Waals surface area contributed by atoms with Crippen molar-refractivity contribution in [2.24, 2.45) is 4.99 Å². The van der Waals surface area contributed by atoms with Crippen molar-refractivity contribution >= 4 is 46.0 Å². The number of nitrogens with two attached hydrogens (primary N) is 1. The van der Waals surface area contributed by atoms with E-state index < -0.39 is 11.9 Å². The molecule has 2 aromatic rings. The summed E-state index contributed by atoms with van der Waals surface area (Å²) in [6, 6.07) is 4.61. The largest absolute Gasteiger partial charge is 0.465 e. The molecule has 128 valence electrons. The van der Waals surface area contributed by atoms with Gasteiger partial charge < -0.3 is 20.2 Å². The minimum atomic E-state index is -0.535. The van der Waals surface area contributed by atoms with Crippen LogP contribution in [0.3, 0.4) is 0 Å². The monoisotopic (exact) mass is 359 g/mol. The zero-order chi connectivity index (χ0) is 18.0. The summed E-state index contributed by atoms with van der Waals surface area (Å²) in [5, 5.41) is 3.56. The van der Waals surface area contributed by atoms with Crippen molar-refractivity contribution in [2.75, 3.05) is 12.8 Å². The van der Waals surface area contributed by atoms with Crippen LogP contribution in [0.25, 0.3) is 11.0 Å². The Labute approximate surface area is 147 Å². The Morgan fingerprint density at radius 3 is 2.96 bits per heavy atom. The molecule has 1 aromatic heterocycles.